The summed E-state index contributed by atoms with van der Waals surface area (Å²) in [4.78, 5) is 6.88. The van der Waals surface area contributed by atoms with Crippen LogP contribution in [-0.2, 0) is 6.42 Å². The SMILES string of the molecule is c1ccc(CCCN2CCCC2)nc1. The summed E-state index contributed by atoms with van der Waals surface area (Å²) in [6, 6.07) is 6.16. The molecule has 0 aromatic carbocycles. The van der Waals surface area contributed by atoms with Crippen molar-refractivity contribution >= 4 is 0 Å². The zero-order valence-electron chi connectivity index (χ0n) is 8.65. The first-order valence-corrected chi connectivity index (χ1v) is 5.57. The summed E-state index contributed by atoms with van der Waals surface area (Å²) in [5.74, 6) is 0. The fourth-order valence-corrected chi connectivity index (χ4v) is 2.04. The minimum atomic E-state index is 1.12. The van der Waals surface area contributed by atoms with Gasteiger partial charge in [-0.3, -0.25) is 4.98 Å². The normalized spacial score (nSPS) is 17.4. The molecule has 76 valence electrons. The highest BCUT2D eigenvalue weighted by atomic mass is 15.1. The van der Waals surface area contributed by atoms with Crippen molar-refractivity contribution in [2.45, 2.75) is 25.7 Å². The van der Waals surface area contributed by atoms with Crippen LogP contribution in [0.3, 0.4) is 0 Å². The largest absolute Gasteiger partial charge is 0.303 e. The third-order valence-electron chi connectivity index (χ3n) is 2.83. The van der Waals surface area contributed by atoms with E-state index in [1.807, 2.05) is 12.3 Å². The molecular weight excluding hydrogens is 172 g/mol. The van der Waals surface area contributed by atoms with Crippen LogP contribution in [0.15, 0.2) is 24.4 Å². The van der Waals surface area contributed by atoms with Gasteiger partial charge < -0.3 is 4.90 Å². The number of hydrogen-bond acceptors (Lipinski definition) is 2. The molecule has 0 spiro atoms. The van der Waals surface area contributed by atoms with E-state index in [0.717, 1.165) is 6.42 Å². The predicted octanol–water partition coefficient (Wildman–Crippen LogP) is 2.11. The molecule has 0 aliphatic carbocycles. The molecule has 2 heterocycles. The van der Waals surface area contributed by atoms with Crippen LogP contribution in [0, 0.1) is 0 Å². The molecule has 1 aliphatic rings. The molecular formula is C12H18N2. The van der Waals surface area contributed by atoms with Gasteiger partial charge in [0.05, 0.1) is 0 Å². The summed E-state index contributed by atoms with van der Waals surface area (Å²) < 4.78 is 0. The topological polar surface area (TPSA) is 16.1 Å². The van der Waals surface area contributed by atoms with Crippen molar-refractivity contribution in [3.05, 3.63) is 30.1 Å². The number of aromatic nitrogens is 1. The van der Waals surface area contributed by atoms with Crippen molar-refractivity contribution in [1.82, 2.24) is 9.88 Å². The molecule has 0 amide bonds. The molecule has 0 bridgehead atoms. The van der Waals surface area contributed by atoms with Crippen molar-refractivity contribution in [3.8, 4) is 0 Å². The van der Waals surface area contributed by atoms with Gasteiger partial charge in [0.15, 0.2) is 0 Å². The van der Waals surface area contributed by atoms with Crippen molar-refractivity contribution in [3.63, 3.8) is 0 Å². The van der Waals surface area contributed by atoms with E-state index in [1.165, 1.54) is 44.6 Å². The van der Waals surface area contributed by atoms with Gasteiger partial charge in [-0.1, -0.05) is 6.07 Å². The van der Waals surface area contributed by atoms with E-state index >= 15 is 0 Å². The Morgan fingerprint density at radius 2 is 2.07 bits per heavy atom. The molecule has 2 heteroatoms. The lowest BCUT2D eigenvalue weighted by Gasteiger charge is -2.13. The molecule has 0 saturated carbocycles. The Balaban J connectivity index is 1.67. The van der Waals surface area contributed by atoms with E-state index in [9.17, 15) is 0 Å². The summed E-state index contributed by atoms with van der Waals surface area (Å²) in [5.41, 5.74) is 1.23. The van der Waals surface area contributed by atoms with Crippen LogP contribution in [0.4, 0.5) is 0 Å². The maximum absolute atomic E-state index is 4.32. The first-order chi connectivity index (χ1) is 6.95. The van der Waals surface area contributed by atoms with Crippen LogP contribution in [0.2, 0.25) is 0 Å². The van der Waals surface area contributed by atoms with Gasteiger partial charge in [-0.2, -0.15) is 0 Å². The molecule has 2 rings (SSSR count). The van der Waals surface area contributed by atoms with E-state index in [2.05, 4.69) is 22.0 Å². The van der Waals surface area contributed by atoms with Crippen LogP contribution < -0.4 is 0 Å². The van der Waals surface area contributed by atoms with Gasteiger partial charge in [-0.05, 0) is 57.5 Å². The molecule has 14 heavy (non-hydrogen) atoms. The van der Waals surface area contributed by atoms with Gasteiger partial charge in [-0.25, -0.2) is 0 Å². The first-order valence-electron chi connectivity index (χ1n) is 5.57. The zero-order valence-corrected chi connectivity index (χ0v) is 8.65. The second-order valence-corrected chi connectivity index (χ2v) is 3.97. The number of rotatable bonds is 4. The average molecular weight is 190 g/mol. The Morgan fingerprint density at radius 3 is 2.79 bits per heavy atom. The van der Waals surface area contributed by atoms with Gasteiger partial charge in [0.2, 0.25) is 0 Å². The van der Waals surface area contributed by atoms with E-state index in [1.54, 1.807) is 0 Å². The lowest BCUT2D eigenvalue weighted by molar-refractivity contribution is 0.333. The van der Waals surface area contributed by atoms with E-state index < -0.39 is 0 Å². The van der Waals surface area contributed by atoms with Gasteiger partial charge in [0, 0.05) is 11.9 Å². The first kappa shape index (κ1) is 9.66. The lowest BCUT2D eigenvalue weighted by Crippen LogP contribution is -2.20. The molecule has 0 N–H and O–H groups in total. The van der Waals surface area contributed by atoms with Crippen LogP contribution in [0.25, 0.3) is 0 Å². The average Bonchev–Trinajstić information content (AvgIpc) is 2.72. The van der Waals surface area contributed by atoms with Crippen molar-refractivity contribution < 1.29 is 0 Å². The van der Waals surface area contributed by atoms with E-state index in [-0.39, 0.29) is 0 Å². The monoisotopic (exact) mass is 190 g/mol. The second kappa shape index (κ2) is 5.11. The van der Waals surface area contributed by atoms with Gasteiger partial charge in [-0.15, -0.1) is 0 Å². The second-order valence-electron chi connectivity index (χ2n) is 3.97. The predicted molar refractivity (Wildman–Crippen MR) is 58.2 cm³/mol. The molecule has 1 fully saturated rings. The molecule has 1 aromatic rings. The van der Waals surface area contributed by atoms with Crippen LogP contribution >= 0.6 is 0 Å². The van der Waals surface area contributed by atoms with Gasteiger partial charge in [0.1, 0.15) is 0 Å². The lowest BCUT2D eigenvalue weighted by atomic mass is 10.2. The number of aryl methyl sites for hydroxylation is 1. The van der Waals surface area contributed by atoms with Gasteiger partial charge in [0.25, 0.3) is 0 Å². The van der Waals surface area contributed by atoms with Crippen molar-refractivity contribution in [1.29, 1.82) is 0 Å². The third kappa shape index (κ3) is 2.81. The minimum absolute atomic E-state index is 1.12. The maximum Gasteiger partial charge on any atom is 0.0404 e. The quantitative estimate of drug-likeness (QED) is 0.723. The summed E-state index contributed by atoms with van der Waals surface area (Å²) in [6.45, 7) is 3.86. The molecule has 0 radical (unpaired) electrons. The van der Waals surface area contributed by atoms with E-state index in [4.69, 9.17) is 0 Å². The highest BCUT2D eigenvalue weighted by Gasteiger charge is 2.10. The summed E-state index contributed by atoms with van der Waals surface area (Å²) in [7, 11) is 0. The molecule has 0 unspecified atom stereocenters. The van der Waals surface area contributed by atoms with Crippen LogP contribution in [-0.4, -0.2) is 29.5 Å². The molecule has 0 atom stereocenters. The highest BCUT2D eigenvalue weighted by Crippen LogP contribution is 2.08. The maximum atomic E-state index is 4.32. The summed E-state index contributed by atoms with van der Waals surface area (Å²) >= 11 is 0. The Hall–Kier alpha value is -0.890. The van der Waals surface area contributed by atoms with Crippen LogP contribution in [0.1, 0.15) is 25.0 Å². The molecule has 1 saturated heterocycles. The zero-order chi connectivity index (χ0) is 9.64. The minimum Gasteiger partial charge on any atom is -0.303 e. The Kier molecular flexibility index (Phi) is 3.52. The third-order valence-corrected chi connectivity index (χ3v) is 2.83. The van der Waals surface area contributed by atoms with Gasteiger partial charge >= 0.3 is 0 Å². The fourth-order valence-electron chi connectivity index (χ4n) is 2.04. The van der Waals surface area contributed by atoms with Crippen LogP contribution in [0.5, 0.6) is 0 Å². The number of pyridine rings is 1. The summed E-state index contributed by atoms with van der Waals surface area (Å²) in [6.07, 6.45) is 7.03. The summed E-state index contributed by atoms with van der Waals surface area (Å²) in [5, 5.41) is 0. The van der Waals surface area contributed by atoms with Crippen molar-refractivity contribution in [2.24, 2.45) is 0 Å². The molecule has 2 nitrogen and oxygen atoms in total. The van der Waals surface area contributed by atoms with E-state index in [0.29, 0.717) is 0 Å². The number of nitrogens with zero attached hydrogens (tertiary/aromatic N) is 2. The highest BCUT2D eigenvalue weighted by molar-refractivity contribution is 5.03. The number of likely N-dealkylation sites (tertiary alicyclic amines) is 1. The Labute approximate surface area is 86.0 Å². The molecule has 1 aromatic heterocycles. The standard InChI is InChI=1S/C12H18N2/c1-2-8-13-12(6-1)7-5-11-14-9-3-4-10-14/h1-2,6,8H,3-5,7,9-11H2. The molecule has 1 aliphatic heterocycles. The Bertz CT molecular complexity index is 252. The Morgan fingerprint density at radius 1 is 1.21 bits per heavy atom. The number of hydrogen-bond donors (Lipinski definition) is 0. The van der Waals surface area contributed by atoms with Crippen molar-refractivity contribution in [2.75, 3.05) is 19.6 Å². The smallest absolute Gasteiger partial charge is 0.0404 e. The fraction of sp³-hybridized carbons (Fsp3) is 0.583.